The molecule has 1 aliphatic carbocycles. The van der Waals surface area contributed by atoms with Crippen LogP contribution in [0.3, 0.4) is 0 Å². The first-order chi connectivity index (χ1) is 10.9. The molecule has 0 nitrogen and oxygen atoms in total. The van der Waals surface area contributed by atoms with Crippen LogP contribution in [0.5, 0.6) is 0 Å². The lowest BCUT2D eigenvalue weighted by Gasteiger charge is -2.55. The fourth-order valence-corrected chi connectivity index (χ4v) is 20.8. The van der Waals surface area contributed by atoms with Crippen molar-refractivity contribution >= 4 is 271 Å². The van der Waals surface area contributed by atoms with Gasteiger partial charge in [-0.15, -0.1) is 0 Å². The van der Waals surface area contributed by atoms with Gasteiger partial charge in [-0.1, -0.05) is 271 Å². The first-order valence-corrected chi connectivity index (χ1v) is 19.2. The predicted octanol–water partition coefficient (Wildman–Crippen LogP) is 12.7. The smallest absolute Gasteiger partial charge is 0.0839 e. The molecule has 0 heterocycles. The lowest BCUT2D eigenvalue weighted by Crippen LogP contribution is -2.65. The molecule has 0 unspecified atom stereocenters. The van der Waals surface area contributed by atoms with Crippen molar-refractivity contribution in [3.8, 4) is 0 Å². The second-order valence-electron chi connectivity index (χ2n) is 5.05. The Balaban J connectivity index is 4.14. The van der Waals surface area contributed by atoms with Crippen LogP contribution >= 0.6 is 271 Å². The molecule has 0 N–H and O–H groups in total. The molecule has 0 saturated heterocycles. The molecule has 1 rings (SSSR count). The van der Waals surface area contributed by atoms with Gasteiger partial charge in [-0.25, -0.2) is 0 Å². The summed E-state index contributed by atoms with van der Waals surface area (Å²) in [6.07, 6.45) is 0. The zero-order valence-electron chi connectivity index (χ0n) is 11.0. The van der Waals surface area contributed by atoms with Gasteiger partial charge in [0, 0.05) is 0 Å². The molecule has 0 aliphatic heterocycles. The Labute approximate surface area is 294 Å². The number of alkyl halides is 17. The molecule has 0 aromatic heterocycles. The van der Waals surface area contributed by atoms with Gasteiger partial charge >= 0.3 is 0 Å². The Bertz CT molecular complexity index is 521. The lowest BCUT2D eigenvalue weighted by atomic mass is 10.1. The summed E-state index contributed by atoms with van der Waals surface area (Å²) in [5.74, 6) is 0. The van der Waals surface area contributed by atoms with E-state index < -0.39 is 25.9 Å². The zero-order chi connectivity index (χ0) is 21.6. The Hall–Kier alpha value is 8.16. The molecule has 0 aromatic rings. The van der Waals surface area contributed by atoms with Crippen molar-refractivity contribution in [2.24, 2.45) is 0 Å². The first kappa shape index (κ1) is 32.2. The maximum atomic E-state index is 3.85. The molecule has 1 saturated carbocycles. The summed E-state index contributed by atoms with van der Waals surface area (Å²) < 4.78 is -6.94. The van der Waals surface area contributed by atoms with Gasteiger partial charge < -0.3 is 0 Å². The zero-order valence-corrected chi connectivity index (χ0v) is 38.0. The van der Waals surface area contributed by atoms with Gasteiger partial charge in [-0.2, -0.15) is 0 Å². The van der Waals surface area contributed by atoms with Crippen molar-refractivity contribution in [3.63, 3.8) is 0 Å². The van der Waals surface area contributed by atoms with Gasteiger partial charge in [0.05, 0.1) is 4.83 Å². The van der Waals surface area contributed by atoms with Crippen molar-refractivity contribution in [3.05, 3.63) is 0 Å². The third-order valence-corrected chi connectivity index (χ3v) is 40.8. The molecule has 0 spiro atoms. The fraction of sp³-hybridized carbons (Fsp3) is 1.00. The molecule has 0 amide bonds. The second kappa shape index (κ2) is 9.80. The van der Waals surface area contributed by atoms with E-state index in [1.54, 1.807) is 0 Å². The Morgan fingerprint density at radius 2 is 0.462 bits per heavy atom. The first-order valence-electron chi connectivity index (χ1n) is 5.57. The fourth-order valence-electron chi connectivity index (χ4n) is 1.75. The third kappa shape index (κ3) is 4.52. The minimum absolute atomic E-state index is 0.311. The van der Waals surface area contributed by atoms with Crippen LogP contribution < -0.4 is 0 Å². The Morgan fingerprint density at radius 1 is 0.308 bits per heavy atom. The number of hydrogen-bond donors (Lipinski definition) is 0. The van der Waals surface area contributed by atoms with E-state index in [1.807, 2.05) is 0 Å². The summed E-state index contributed by atoms with van der Waals surface area (Å²) >= 11 is 65.3. The van der Waals surface area contributed by atoms with Crippen LogP contribution in [0.2, 0.25) is 0 Å². The van der Waals surface area contributed by atoms with Gasteiger partial charge in [-0.05, 0) is 0 Å². The van der Waals surface area contributed by atoms with E-state index in [9.17, 15) is 0 Å². The summed E-state index contributed by atoms with van der Waals surface area (Å²) in [6.45, 7) is 0. The largest absolute Gasteiger partial charge is 0.135 e. The highest BCUT2D eigenvalue weighted by Crippen LogP contribution is 2.80. The summed E-state index contributed by atoms with van der Waals surface area (Å²) in [6, 6.07) is 0. The van der Waals surface area contributed by atoms with Crippen molar-refractivity contribution < 1.29 is 0 Å². The highest BCUT2D eigenvalue weighted by atomic mass is 80.0. The molecule has 26 heavy (non-hydrogen) atoms. The summed E-state index contributed by atoms with van der Waals surface area (Å²) in [5, 5.41) is 0. The maximum absolute atomic E-state index is 3.85. The van der Waals surface area contributed by atoms with Crippen molar-refractivity contribution in [2.75, 3.05) is 0 Å². The molecule has 156 valence electrons. The van der Waals surface area contributed by atoms with Crippen LogP contribution in [0, 0.1) is 0 Å². The minimum atomic E-state index is -0.910. The average Bonchev–Trinajstić information content (AvgIpc) is 2.43. The number of hydrogen-bond acceptors (Lipinski definition) is 0. The maximum Gasteiger partial charge on any atom is 0.135 e. The number of halogens is 17. The highest BCUT2D eigenvalue weighted by Gasteiger charge is 2.81. The molecule has 1 fully saturated rings. The SMILES string of the molecule is BrC1C(Br)(Br)C(Br)(Br)C(Br)(Br)C(Br)(Br)C(Br)(Br)C(Br)(Br)C(Br)(Br)C1(Br)Br. The molecular weight excluding hydrogens is 1470 g/mol. The number of rotatable bonds is 0. The van der Waals surface area contributed by atoms with E-state index in [-0.39, 0.29) is 4.83 Å². The molecule has 0 radical (unpaired) electrons. The molecule has 1 aliphatic rings. The minimum Gasteiger partial charge on any atom is -0.0839 e. The van der Waals surface area contributed by atoms with Crippen LogP contribution in [0.15, 0.2) is 0 Å². The van der Waals surface area contributed by atoms with E-state index in [2.05, 4.69) is 271 Å². The van der Waals surface area contributed by atoms with Crippen LogP contribution in [0.1, 0.15) is 0 Å². The van der Waals surface area contributed by atoms with Gasteiger partial charge in [0.2, 0.25) is 0 Å². The van der Waals surface area contributed by atoms with Gasteiger partial charge in [0.15, 0.2) is 0 Å². The molecule has 0 aromatic carbocycles. The molecule has 17 heteroatoms. The van der Waals surface area contributed by atoms with Crippen molar-refractivity contribution in [1.29, 1.82) is 0 Å². The topological polar surface area (TPSA) is 0 Å². The van der Waals surface area contributed by atoms with E-state index in [1.165, 1.54) is 0 Å². The van der Waals surface area contributed by atoms with E-state index in [0.717, 1.165) is 0 Å². The normalized spacial score (nSPS) is 33.6. The summed E-state index contributed by atoms with van der Waals surface area (Å²) in [7, 11) is 0. The van der Waals surface area contributed by atoms with Gasteiger partial charge in [0.25, 0.3) is 0 Å². The van der Waals surface area contributed by atoms with Gasteiger partial charge in [-0.3, -0.25) is 0 Å². The molecule has 0 bridgehead atoms. The van der Waals surface area contributed by atoms with Crippen molar-refractivity contribution in [2.45, 2.75) is 30.7 Å². The predicted molar refractivity (Wildman–Crippen MR) is 177 cm³/mol. The Morgan fingerprint density at radius 3 is 0.654 bits per heavy atom. The molecular formula is C9HBr17. The van der Waals surface area contributed by atoms with E-state index >= 15 is 0 Å². The van der Waals surface area contributed by atoms with Gasteiger partial charge in [0.1, 0.15) is 25.9 Å². The molecule has 0 atom stereocenters. The van der Waals surface area contributed by atoms with E-state index in [0.29, 0.717) is 0 Å². The summed E-state index contributed by atoms with van der Waals surface area (Å²) in [5.41, 5.74) is 0. The second-order valence-corrected chi connectivity index (χ2v) is 33.8. The summed E-state index contributed by atoms with van der Waals surface area (Å²) in [4.78, 5) is -0.311. The van der Waals surface area contributed by atoms with Crippen molar-refractivity contribution in [1.82, 2.24) is 0 Å². The van der Waals surface area contributed by atoms with Crippen LogP contribution in [-0.4, -0.2) is 30.7 Å². The lowest BCUT2D eigenvalue weighted by molar-refractivity contribution is 0.612. The standard InChI is InChI=1S/C9HBr17/c10-1-2(11,12)4(15,16)6(19,20)8(23,24)9(25,26)7(21,22)5(17,18)3(1,13)14/h1H. The quantitative estimate of drug-likeness (QED) is 0.212. The van der Waals surface area contributed by atoms with Crippen LogP contribution in [0.25, 0.3) is 0 Å². The monoisotopic (exact) mass is 1450 g/mol. The highest BCUT2D eigenvalue weighted by molar-refractivity contribution is 9.37. The van der Waals surface area contributed by atoms with E-state index in [4.69, 9.17) is 0 Å². The average molecular weight is 1470 g/mol. The Kier molecular flexibility index (Phi) is 12.1. The third-order valence-electron chi connectivity index (χ3n) is 3.45. The van der Waals surface area contributed by atoms with Crippen LogP contribution in [-0.2, 0) is 0 Å². The van der Waals surface area contributed by atoms with Crippen LogP contribution in [0.4, 0.5) is 0 Å².